The van der Waals surface area contributed by atoms with Crippen LogP contribution in [0.1, 0.15) is 24.4 Å². The van der Waals surface area contributed by atoms with Crippen LogP contribution in [0.2, 0.25) is 0 Å². The summed E-state index contributed by atoms with van der Waals surface area (Å²) in [5.41, 5.74) is 0. The van der Waals surface area contributed by atoms with Gasteiger partial charge in [0.05, 0.1) is 6.04 Å². The molecule has 2 amide bonds. The minimum atomic E-state index is -1.46. The normalized spacial score (nSPS) is 13.7. The van der Waals surface area contributed by atoms with Crippen molar-refractivity contribution in [1.82, 2.24) is 15.6 Å². The van der Waals surface area contributed by atoms with Crippen LogP contribution >= 0.6 is 11.3 Å². The number of aromatic nitrogens is 1. The van der Waals surface area contributed by atoms with Crippen LogP contribution in [-0.2, 0) is 4.79 Å². The summed E-state index contributed by atoms with van der Waals surface area (Å²) in [5.74, 6) is -1.30. The number of carboxylic acids is 1. The Morgan fingerprint density at radius 1 is 1.56 bits per heavy atom. The van der Waals surface area contributed by atoms with E-state index in [0.29, 0.717) is 0 Å². The van der Waals surface area contributed by atoms with Crippen LogP contribution in [0.3, 0.4) is 0 Å². The first-order valence-corrected chi connectivity index (χ1v) is 6.23. The first-order valence-electron chi connectivity index (χ1n) is 5.35. The van der Waals surface area contributed by atoms with Gasteiger partial charge in [-0.15, -0.1) is 11.3 Å². The highest BCUT2D eigenvalue weighted by atomic mass is 32.1. The second kappa shape index (κ2) is 6.92. The Kier molecular flexibility index (Phi) is 5.53. The van der Waals surface area contributed by atoms with E-state index in [4.69, 9.17) is 10.2 Å². The maximum absolute atomic E-state index is 11.4. The summed E-state index contributed by atoms with van der Waals surface area (Å²) >= 11 is 1.43. The fraction of sp³-hybridized carbons (Fsp3) is 0.500. The van der Waals surface area contributed by atoms with Crippen LogP contribution < -0.4 is 10.6 Å². The number of urea groups is 1. The van der Waals surface area contributed by atoms with Gasteiger partial charge in [0.15, 0.2) is 6.10 Å². The third kappa shape index (κ3) is 4.68. The van der Waals surface area contributed by atoms with Gasteiger partial charge in [-0.2, -0.15) is 0 Å². The number of hydrogen-bond acceptors (Lipinski definition) is 5. The molecule has 0 saturated heterocycles. The fourth-order valence-corrected chi connectivity index (χ4v) is 1.85. The number of rotatable bonds is 6. The number of aliphatic hydroxyl groups excluding tert-OH is 1. The summed E-state index contributed by atoms with van der Waals surface area (Å²) in [6.45, 7) is 1.88. The zero-order chi connectivity index (χ0) is 13.5. The van der Waals surface area contributed by atoms with Gasteiger partial charge in [0.25, 0.3) is 0 Å². The molecule has 1 unspecified atom stereocenters. The minimum Gasteiger partial charge on any atom is -0.479 e. The van der Waals surface area contributed by atoms with Crippen LogP contribution in [0.5, 0.6) is 0 Å². The Labute approximate surface area is 108 Å². The molecule has 0 aliphatic heterocycles. The van der Waals surface area contributed by atoms with Gasteiger partial charge >= 0.3 is 12.0 Å². The molecule has 0 spiro atoms. The van der Waals surface area contributed by atoms with Crippen LogP contribution in [0.25, 0.3) is 0 Å². The van der Waals surface area contributed by atoms with Crippen molar-refractivity contribution in [3.05, 3.63) is 16.6 Å². The molecule has 1 heterocycles. The van der Waals surface area contributed by atoms with E-state index in [-0.39, 0.29) is 19.0 Å². The third-order valence-corrected chi connectivity index (χ3v) is 3.12. The summed E-state index contributed by atoms with van der Waals surface area (Å²) in [5, 5.41) is 25.1. The fourth-order valence-electron chi connectivity index (χ4n) is 1.20. The molecule has 8 heteroatoms. The van der Waals surface area contributed by atoms with E-state index in [2.05, 4.69) is 15.6 Å². The molecule has 1 aromatic heterocycles. The highest BCUT2D eigenvalue weighted by Gasteiger charge is 2.14. The van der Waals surface area contributed by atoms with Gasteiger partial charge in [0.1, 0.15) is 5.01 Å². The monoisotopic (exact) mass is 273 g/mol. The van der Waals surface area contributed by atoms with Crippen LogP contribution in [0.15, 0.2) is 11.6 Å². The van der Waals surface area contributed by atoms with Crippen molar-refractivity contribution in [2.75, 3.05) is 6.54 Å². The van der Waals surface area contributed by atoms with Gasteiger partial charge in [-0.3, -0.25) is 0 Å². The first kappa shape index (κ1) is 14.4. The molecule has 7 nitrogen and oxygen atoms in total. The summed E-state index contributed by atoms with van der Waals surface area (Å²) in [6, 6.07) is -0.635. The molecule has 0 fully saturated rings. The van der Waals surface area contributed by atoms with Gasteiger partial charge in [-0.05, 0) is 6.92 Å². The maximum Gasteiger partial charge on any atom is 0.332 e. The van der Waals surface area contributed by atoms with Crippen molar-refractivity contribution in [3.63, 3.8) is 0 Å². The third-order valence-electron chi connectivity index (χ3n) is 2.16. The lowest BCUT2D eigenvalue weighted by atomic mass is 10.2. The number of hydrogen-bond donors (Lipinski definition) is 4. The maximum atomic E-state index is 11.4. The lowest BCUT2D eigenvalue weighted by Crippen LogP contribution is -2.38. The smallest absolute Gasteiger partial charge is 0.332 e. The molecule has 2 atom stereocenters. The molecular formula is C10H15N3O4S. The quantitative estimate of drug-likeness (QED) is 0.597. The van der Waals surface area contributed by atoms with E-state index < -0.39 is 18.1 Å². The lowest BCUT2D eigenvalue weighted by Gasteiger charge is -2.12. The van der Waals surface area contributed by atoms with E-state index in [1.54, 1.807) is 13.1 Å². The number of aliphatic hydroxyl groups is 1. The minimum absolute atomic E-state index is 0.0333. The number of amides is 2. The van der Waals surface area contributed by atoms with Gasteiger partial charge in [-0.1, -0.05) is 0 Å². The van der Waals surface area contributed by atoms with Gasteiger partial charge in [0, 0.05) is 24.5 Å². The van der Waals surface area contributed by atoms with Crippen molar-refractivity contribution >= 4 is 23.3 Å². The molecule has 0 saturated carbocycles. The Bertz CT molecular complexity index is 396. The predicted octanol–water partition coefficient (Wildman–Crippen LogP) is 0.339. The van der Waals surface area contributed by atoms with Crippen molar-refractivity contribution in [2.24, 2.45) is 0 Å². The van der Waals surface area contributed by atoms with E-state index >= 15 is 0 Å². The topological polar surface area (TPSA) is 112 Å². The van der Waals surface area contributed by atoms with Crippen LogP contribution in [0, 0.1) is 0 Å². The predicted molar refractivity (Wildman–Crippen MR) is 65.3 cm³/mol. The molecule has 0 aromatic carbocycles. The second-order valence-electron chi connectivity index (χ2n) is 3.63. The number of carbonyl (C=O) groups excluding carboxylic acids is 1. The molecule has 0 aliphatic rings. The highest BCUT2D eigenvalue weighted by Crippen LogP contribution is 2.14. The summed E-state index contributed by atoms with van der Waals surface area (Å²) in [7, 11) is 0. The molecule has 18 heavy (non-hydrogen) atoms. The number of carbonyl (C=O) groups is 2. The van der Waals surface area contributed by atoms with Gasteiger partial charge in [-0.25, -0.2) is 14.6 Å². The second-order valence-corrected chi connectivity index (χ2v) is 4.56. The van der Waals surface area contributed by atoms with Crippen molar-refractivity contribution < 1.29 is 19.8 Å². The Hall–Kier alpha value is -1.67. The van der Waals surface area contributed by atoms with Gasteiger partial charge in [0.2, 0.25) is 0 Å². The molecule has 0 bridgehead atoms. The van der Waals surface area contributed by atoms with Crippen molar-refractivity contribution in [1.29, 1.82) is 0 Å². The van der Waals surface area contributed by atoms with Crippen molar-refractivity contribution in [3.8, 4) is 0 Å². The zero-order valence-corrected chi connectivity index (χ0v) is 10.6. The molecule has 100 valence electrons. The van der Waals surface area contributed by atoms with Gasteiger partial charge < -0.3 is 20.8 Å². The first-order chi connectivity index (χ1) is 8.50. The summed E-state index contributed by atoms with van der Waals surface area (Å²) in [6.07, 6.45) is 0.162. The standard InChI is InChI=1S/C10H15N3O4S/c1-6(8-11-4-5-18-8)13-10(17)12-3-2-7(14)9(15)16/h4-7,14H,2-3H2,1H3,(H,15,16)(H2,12,13,17)/t6?,7-/m0/s1. The molecule has 0 aliphatic carbocycles. The average Bonchev–Trinajstić information content (AvgIpc) is 2.81. The SMILES string of the molecule is CC(NC(=O)NCC[C@H](O)C(=O)O)c1nccs1. The Morgan fingerprint density at radius 2 is 2.28 bits per heavy atom. The van der Waals surface area contributed by atoms with E-state index in [1.807, 2.05) is 5.38 Å². The summed E-state index contributed by atoms with van der Waals surface area (Å²) in [4.78, 5) is 25.8. The highest BCUT2D eigenvalue weighted by molar-refractivity contribution is 7.09. The molecule has 0 radical (unpaired) electrons. The number of carboxylic acid groups (broad SMARTS) is 1. The Balaban J connectivity index is 2.24. The number of thiazole rings is 1. The molecule has 1 rings (SSSR count). The average molecular weight is 273 g/mol. The zero-order valence-electron chi connectivity index (χ0n) is 9.79. The largest absolute Gasteiger partial charge is 0.479 e. The molecule has 4 N–H and O–H groups in total. The van der Waals surface area contributed by atoms with E-state index in [1.165, 1.54) is 11.3 Å². The molecule has 1 aromatic rings. The van der Waals surface area contributed by atoms with Crippen LogP contribution in [-0.4, -0.2) is 39.8 Å². The summed E-state index contributed by atoms with van der Waals surface area (Å²) < 4.78 is 0. The number of nitrogens with zero attached hydrogens (tertiary/aromatic N) is 1. The van der Waals surface area contributed by atoms with Crippen molar-refractivity contribution in [2.45, 2.75) is 25.5 Å². The Morgan fingerprint density at radius 3 is 2.83 bits per heavy atom. The molecular weight excluding hydrogens is 258 g/mol. The van der Waals surface area contributed by atoms with Crippen LogP contribution in [0.4, 0.5) is 4.79 Å². The number of nitrogens with one attached hydrogen (secondary N) is 2. The van der Waals surface area contributed by atoms with E-state index in [0.717, 1.165) is 5.01 Å². The number of aliphatic carboxylic acids is 1. The van der Waals surface area contributed by atoms with E-state index in [9.17, 15) is 9.59 Å². The lowest BCUT2D eigenvalue weighted by molar-refractivity contribution is -0.146.